The number of hydrogen-bond donors (Lipinski definition) is 0. The van der Waals surface area contributed by atoms with Crippen molar-refractivity contribution in [1.29, 1.82) is 0 Å². The number of hydrogen-bond acceptors (Lipinski definition) is 3. The third-order valence-corrected chi connectivity index (χ3v) is 2.33. The Morgan fingerprint density at radius 2 is 1.82 bits per heavy atom. The molecule has 17 heavy (non-hydrogen) atoms. The Balaban J connectivity index is 2.39. The van der Waals surface area contributed by atoms with Crippen LogP contribution in [0.4, 0.5) is 5.69 Å². The van der Waals surface area contributed by atoms with Gasteiger partial charge in [-0.25, -0.2) is 4.79 Å². The van der Waals surface area contributed by atoms with Gasteiger partial charge in [-0.05, 0) is 30.7 Å². The first-order chi connectivity index (χ1) is 8.31. The van der Waals surface area contributed by atoms with E-state index in [4.69, 9.17) is 4.74 Å². The van der Waals surface area contributed by atoms with Crippen molar-refractivity contribution in [2.45, 2.75) is 6.92 Å². The molecule has 2 aromatic carbocycles. The Labute approximate surface area is 99.4 Å². The minimum Gasteiger partial charge on any atom is -0.455 e. The van der Waals surface area contributed by atoms with E-state index in [9.17, 15) is 4.79 Å². The van der Waals surface area contributed by atoms with Gasteiger partial charge in [0, 0.05) is 0 Å². The maximum absolute atomic E-state index is 10.4. The van der Waals surface area contributed by atoms with Crippen LogP contribution < -0.4 is 4.74 Å². The molecule has 84 valence electrons. The van der Waals surface area contributed by atoms with Crippen molar-refractivity contribution in [2.75, 3.05) is 0 Å². The molecule has 0 radical (unpaired) electrons. The van der Waals surface area contributed by atoms with Crippen LogP contribution in [-0.2, 0) is 4.79 Å². The van der Waals surface area contributed by atoms with E-state index in [-0.39, 0.29) is 0 Å². The molecule has 0 saturated heterocycles. The summed E-state index contributed by atoms with van der Waals surface area (Å²) in [4.78, 5) is 14.1. The second kappa shape index (κ2) is 5.10. The number of rotatable bonds is 3. The van der Waals surface area contributed by atoms with Crippen molar-refractivity contribution >= 4 is 11.8 Å². The minimum atomic E-state index is 0.520. The Hall–Kier alpha value is -2.38. The lowest BCUT2D eigenvalue weighted by Gasteiger charge is -2.08. The van der Waals surface area contributed by atoms with Crippen molar-refractivity contribution in [2.24, 2.45) is 4.99 Å². The average molecular weight is 225 g/mol. The lowest BCUT2D eigenvalue weighted by molar-refractivity contribution is 0.483. The first-order valence-corrected chi connectivity index (χ1v) is 5.21. The summed E-state index contributed by atoms with van der Waals surface area (Å²) in [6.45, 7) is 1.87. The number of isocyanates is 1. The smallest absolute Gasteiger partial charge is 0.240 e. The first kappa shape index (κ1) is 11.1. The zero-order chi connectivity index (χ0) is 12.1. The van der Waals surface area contributed by atoms with Crippen molar-refractivity contribution < 1.29 is 9.53 Å². The molecule has 0 bridgehead atoms. The van der Waals surface area contributed by atoms with Crippen LogP contribution in [0.25, 0.3) is 0 Å². The molecule has 0 aliphatic rings. The largest absolute Gasteiger partial charge is 0.455 e. The highest BCUT2D eigenvalue weighted by atomic mass is 16.5. The van der Waals surface area contributed by atoms with Crippen molar-refractivity contribution in [3.05, 3.63) is 54.1 Å². The summed E-state index contributed by atoms with van der Waals surface area (Å²) in [5.41, 5.74) is 1.40. The molecule has 0 aliphatic carbocycles. The highest BCUT2D eigenvalue weighted by molar-refractivity contribution is 5.62. The molecule has 0 N–H and O–H groups in total. The SMILES string of the molecule is Cc1cccc(Oc2ccccc2)c1N=C=O. The van der Waals surface area contributed by atoms with Gasteiger partial charge in [0.05, 0.1) is 0 Å². The van der Waals surface area contributed by atoms with E-state index in [2.05, 4.69) is 4.99 Å². The average Bonchev–Trinajstić information content (AvgIpc) is 2.35. The fourth-order valence-corrected chi connectivity index (χ4v) is 1.52. The summed E-state index contributed by atoms with van der Waals surface area (Å²) in [7, 11) is 0. The van der Waals surface area contributed by atoms with Crippen LogP contribution in [0.3, 0.4) is 0 Å². The van der Waals surface area contributed by atoms with E-state index in [1.807, 2.05) is 49.4 Å². The molecule has 2 rings (SSSR count). The molecule has 0 unspecified atom stereocenters. The van der Waals surface area contributed by atoms with Crippen LogP contribution in [0.5, 0.6) is 11.5 Å². The first-order valence-electron chi connectivity index (χ1n) is 5.21. The number of aryl methyl sites for hydroxylation is 1. The topological polar surface area (TPSA) is 38.7 Å². The van der Waals surface area contributed by atoms with Gasteiger partial charge in [-0.1, -0.05) is 30.3 Å². The summed E-state index contributed by atoms with van der Waals surface area (Å²) in [5.74, 6) is 1.26. The third kappa shape index (κ3) is 2.60. The van der Waals surface area contributed by atoms with Gasteiger partial charge in [-0.3, -0.25) is 0 Å². The molecular weight excluding hydrogens is 214 g/mol. The molecule has 3 heteroatoms. The molecule has 0 atom stereocenters. The van der Waals surface area contributed by atoms with Crippen LogP contribution in [0.15, 0.2) is 53.5 Å². The molecule has 2 aromatic rings. The fraction of sp³-hybridized carbons (Fsp3) is 0.0714. The van der Waals surface area contributed by atoms with E-state index >= 15 is 0 Å². The number of ether oxygens (including phenoxy) is 1. The highest BCUT2D eigenvalue weighted by Crippen LogP contribution is 2.33. The number of nitrogens with zero attached hydrogens (tertiary/aromatic N) is 1. The van der Waals surface area contributed by atoms with Crippen molar-refractivity contribution in [1.82, 2.24) is 0 Å². The number of aliphatic imine (C=N–C) groups is 1. The molecule has 0 saturated carbocycles. The molecular formula is C14H11NO2. The Morgan fingerprint density at radius 3 is 2.53 bits per heavy atom. The van der Waals surface area contributed by atoms with Gasteiger partial charge in [-0.15, -0.1) is 0 Å². The quantitative estimate of drug-likeness (QED) is 0.589. The predicted octanol–water partition coefficient (Wildman–Crippen LogP) is 3.75. The molecule has 0 heterocycles. The predicted molar refractivity (Wildman–Crippen MR) is 65.5 cm³/mol. The summed E-state index contributed by atoms with van der Waals surface area (Å²) >= 11 is 0. The number of para-hydroxylation sites is 2. The number of carbonyl (C=O) groups excluding carboxylic acids is 1. The Morgan fingerprint density at radius 1 is 1.06 bits per heavy atom. The lowest BCUT2D eigenvalue weighted by atomic mass is 10.2. The minimum absolute atomic E-state index is 0.520. The van der Waals surface area contributed by atoms with Crippen LogP contribution in [-0.4, -0.2) is 6.08 Å². The second-order valence-electron chi connectivity index (χ2n) is 3.54. The van der Waals surface area contributed by atoms with Crippen LogP contribution in [0.1, 0.15) is 5.56 Å². The van der Waals surface area contributed by atoms with Crippen LogP contribution >= 0.6 is 0 Å². The summed E-state index contributed by atoms with van der Waals surface area (Å²) in [6.07, 6.45) is 1.55. The fourth-order valence-electron chi connectivity index (χ4n) is 1.52. The lowest BCUT2D eigenvalue weighted by Crippen LogP contribution is -1.86. The van der Waals surface area contributed by atoms with E-state index in [1.54, 1.807) is 12.1 Å². The van der Waals surface area contributed by atoms with Gasteiger partial charge in [-0.2, -0.15) is 4.99 Å². The highest BCUT2D eigenvalue weighted by Gasteiger charge is 2.06. The third-order valence-electron chi connectivity index (χ3n) is 2.33. The number of benzene rings is 2. The standard InChI is InChI=1S/C14H11NO2/c1-11-6-5-9-13(14(11)15-10-16)17-12-7-3-2-4-8-12/h2-9H,1H3. The Bertz CT molecular complexity index is 558. The molecule has 0 amide bonds. The summed E-state index contributed by atoms with van der Waals surface area (Å²) in [5, 5.41) is 0. The van der Waals surface area contributed by atoms with Crippen LogP contribution in [0.2, 0.25) is 0 Å². The second-order valence-corrected chi connectivity index (χ2v) is 3.54. The molecule has 3 nitrogen and oxygen atoms in total. The Kier molecular flexibility index (Phi) is 3.34. The van der Waals surface area contributed by atoms with E-state index in [0.717, 1.165) is 5.56 Å². The van der Waals surface area contributed by atoms with E-state index < -0.39 is 0 Å². The summed E-state index contributed by atoms with van der Waals surface area (Å²) < 4.78 is 5.67. The maximum Gasteiger partial charge on any atom is 0.240 e. The van der Waals surface area contributed by atoms with Gasteiger partial charge in [0.2, 0.25) is 6.08 Å². The van der Waals surface area contributed by atoms with Gasteiger partial charge in [0.25, 0.3) is 0 Å². The van der Waals surface area contributed by atoms with Gasteiger partial charge in [0.1, 0.15) is 11.4 Å². The molecule has 0 aromatic heterocycles. The van der Waals surface area contributed by atoms with Crippen LogP contribution in [0, 0.1) is 6.92 Å². The zero-order valence-electron chi connectivity index (χ0n) is 9.38. The molecule has 0 aliphatic heterocycles. The van der Waals surface area contributed by atoms with Gasteiger partial charge in [0.15, 0.2) is 5.75 Å². The normalized spacial score (nSPS) is 9.47. The van der Waals surface area contributed by atoms with E-state index in [0.29, 0.717) is 17.2 Å². The van der Waals surface area contributed by atoms with Crippen molar-refractivity contribution in [3.63, 3.8) is 0 Å². The van der Waals surface area contributed by atoms with Gasteiger partial charge < -0.3 is 4.74 Å². The monoisotopic (exact) mass is 225 g/mol. The zero-order valence-corrected chi connectivity index (χ0v) is 9.38. The van der Waals surface area contributed by atoms with E-state index in [1.165, 1.54) is 0 Å². The summed E-state index contributed by atoms with van der Waals surface area (Å²) in [6, 6.07) is 14.9. The van der Waals surface area contributed by atoms with Gasteiger partial charge >= 0.3 is 0 Å². The molecule has 0 fully saturated rings. The van der Waals surface area contributed by atoms with Crippen molar-refractivity contribution in [3.8, 4) is 11.5 Å². The maximum atomic E-state index is 10.4. The molecule has 0 spiro atoms.